The smallest absolute Gasteiger partial charge is 0.131 e. The van der Waals surface area contributed by atoms with E-state index in [4.69, 9.17) is 16.3 Å². The molecular weight excluding hydrogens is 340 g/mol. The van der Waals surface area contributed by atoms with Crippen molar-refractivity contribution in [2.75, 3.05) is 0 Å². The summed E-state index contributed by atoms with van der Waals surface area (Å²) < 4.78 is 8.90. The highest BCUT2D eigenvalue weighted by Gasteiger charge is 2.14. The van der Waals surface area contributed by atoms with E-state index in [9.17, 15) is 0 Å². The summed E-state index contributed by atoms with van der Waals surface area (Å²) in [6, 6.07) is 7.85. The van der Waals surface area contributed by atoms with Crippen molar-refractivity contribution in [1.29, 1.82) is 0 Å². The Hall–Kier alpha value is -1.000. The largest absolute Gasteiger partial charge is 0.487 e. The Morgan fingerprint density at radius 3 is 2.80 bits per heavy atom. The zero-order valence-corrected chi connectivity index (χ0v) is 14.0. The van der Waals surface area contributed by atoms with E-state index in [1.54, 1.807) is 0 Å². The lowest BCUT2D eigenvalue weighted by atomic mass is 10.2. The van der Waals surface area contributed by atoms with Gasteiger partial charge in [-0.25, -0.2) is 0 Å². The Kier molecular flexibility index (Phi) is 5.49. The zero-order chi connectivity index (χ0) is 14.5. The lowest BCUT2D eigenvalue weighted by molar-refractivity contribution is 0.291. The summed E-state index contributed by atoms with van der Waals surface area (Å²) in [6.07, 6.45) is 0.905. The minimum atomic E-state index is 0.493. The molecular formula is C15H18BrClN2O. The van der Waals surface area contributed by atoms with Gasteiger partial charge in [0.25, 0.3) is 0 Å². The van der Waals surface area contributed by atoms with Gasteiger partial charge in [-0.05, 0) is 47.0 Å². The summed E-state index contributed by atoms with van der Waals surface area (Å²) >= 11 is 9.45. The van der Waals surface area contributed by atoms with Crippen LogP contribution in [-0.2, 0) is 25.5 Å². The van der Waals surface area contributed by atoms with Gasteiger partial charge in [-0.2, -0.15) is 5.10 Å². The molecule has 0 spiro atoms. The van der Waals surface area contributed by atoms with Gasteiger partial charge in [-0.15, -0.1) is 11.6 Å². The highest BCUT2D eigenvalue weighted by Crippen LogP contribution is 2.24. The lowest BCUT2D eigenvalue weighted by Crippen LogP contribution is -2.06. The minimum Gasteiger partial charge on any atom is -0.487 e. The number of hydrogen-bond acceptors (Lipinski definition) is 2. The first-order valence-electron chi connectivity index (χ1n) is 6.71. The number of hydrogen-bond donors (Lipinski definition) is 0. The molecule has 1 aromatic carbocycles. The molecule has 108 valence electrons. The molecule has 0 unspecified atom stereocenters. The van der Waals surface area contributed by atoms with Gasteiger partial charge in [0, 0.05) is 12.4 Å². The number of alkyl halides is 1. The van der Waals surface area contributed by atoms with Gasteiger partial charge >= 0.3 is 0 Å². The monoisotopic (exact) mass is 356 g/mol. The molecule has 0 bridgehead atoms. The van der Waals surface area contributed by atoms with E-state index in [2.05, 4.69) is 34.9 Å². The average Bonchev–Trinajstić information content (AvgIpc) is 2.81. The fourth-order valence-electron chi connectivity index (χ4n) is 2.03. The van der Waals surface area contributed by atoms with Crippen LogP contribution >= 0.6 is 27.5 Å². The van der Waals surface area contributed by atoms with E-state index < -0.39 is 0 Å². The van der Waals surface area contributed by atoms with Gasteiger partial charge in [0.05, 0.1) is 15.9 Å². The summed E-state index contributed by atoms with van der Waals surface area (Å²) in [6.45, 7) is 5.50. The van der Waals surface area contributed by atoms with Crippen molar-refractivity contribution < 1.29 is 4.74 Å². The Morgan fingerprint density at radius 1 is 1.35 bits per heavy atom. The second kappa shape index (κ2) is 7.14. The first-order chi connectivity index (χ1) is 9.69. The van der Waals surface area contributed by atoms with Crippen LogP contribution in [0.15, 0.2) is 28.7 Å². The second-order valence-electron chi connectivity index (χ2n) is 4.45. The normalized spacial score (nSPS) is 10.8. The third-order valence-electron chi connectivity index (χ3n) is 3.12. The van der Waals surface area contributed by atoms with Crippen molar-refractivity contribution in [3.05, 3.63) is 45.7 Å². The molecule has 2 rings (SSSR count). The number of nitrogens with zero attached hydrogens (tertiary/aromatic N) is 2. The predicted molar refractivity (Wildman–Crippen MR) is 85.3 cm³/mol. The van der Waals surface area contributed by atoms with E-state index in [0.717, 1.165) is 40.1 Å². The third-order valence-corrected chi connectivity index (χ3v) is 4.35. The molecule has 0 saturated carbocycles. The van der Waals surface area contributed by atoms with Crippen LogP contribution in [-0.4, -0.2) is 9.78 Å². The van der Waals surface area contributed by atoms with Crippen molar-refractivity contribution in [1.82, 2.24) is 9.78 Å². The molecule has 0 aliphatic heterocycles. The van der Waals surface area contributed by atoms with E-state index >= 15 is 0 Å². The average molecular weight is 358 g/mol. The van der Waals surface area contributed by atoms with Gasteiger partial charge in [-0.1, -0.05) is 19.1 Å². The number of ether oxygens (including phenoxy) is 1. The predicted octanol–water partition coefficient (Wildman–Crippen LogP) is 4.55. The molecule has 0 fully saturated rings. The maximum absolute atomic E-state index is 5.87. The Balaban J connectivity index is 2.15. The van der Waals surface area contributed by atoms with Gasteiger partial charge in [0.15, 0.2) is 0 Å². The third kappa shape index (κ3) is 3.36. The molecule has 0 aliphatic carbocycles. The van der Waals surface area contributed by atoms with Crippen molar-refractivity contribution in [2.45, 2.75) is 39.3 Å². The molecule has 0 saturated heterocycles. The van der Waals surface area contributed by atoms with Crippen LogP contribution in [0.4, 0.5) is 0 Å². The van der Waals surface area contributed by atoms with Crippen molar-refractivity contribution in [2.24, 2.45) is 0 Å². The molecule has 1 heterocycles. The van der Waals surface area contributed by atoms with Crippen molar-refractivity contribution in [3.63, 3.8) is 0 Å². The van der Waals surface area contributed by atoms with Crippen LogP contribution in [0, 0.1) is 0 Å². The zero-order valence-electron chi connectivity index (χ0n) is 11.7. The second-order valence-corrected chi connectivity index (χ2v) is 5.51. The quantitative estimate of drug-likeness (QED) is 0.709. The number of rotatable bonds is 6. The first-order valence-corrected chi connectivity index (χ1v) is 8.04. The first kappa shape index (κ1) is 15.4. The highest BCUT2D eigenvalue weighted by molar-refractivity contribution is 9.10. The van der Waals surface area contributed by atoms with Gasteiger partial charge < -0.3 is 4.74 Å². The number of benzene rings is 1. The van der Waals surface area contributed by atoms with Crippen LogP contribution in [0.5, 0.6) is 5.75 Å². The SMILES string of the molecule is CCc1nn(CC)c(COc2cccc(CCl)c2)c1Br. The number of aryl methyl sites for hydroxylation is 2. The lowest BCUT2D eigenvalue weighted by Gasteiger charge is -2.09. The highest BCUT2D eigenvalue weighted by atomic mass is 79.9. The molecule has 2 aromatic rings. The van der Waals surface area contributed by atoms with Crippen LogP contribution in [0.3, 0.4) is 0 Å². The maximum Gasteiger partial charge on any atom is 0.131 e. The van der Waals surface area contributed by atoms with E-state index in [-0.39, 0.29) is 0 Å². The molecule has 0 aliphatic rings. The Morgan fingerprint density at radius 2 is 2.15 bits per heavy atom. The summed E-state index contributed by atoms with van der Waals surface area (Å²) in [5.74, 6) is 1.32. The molecule has 0 N–H and O–H groups in total. The maximum atomic E-state index is 5.87. The van der Waals surface area contributed by atoms with Crippen LogP contribution in [0.2, 0.25) is 0 Å². The van der Waals surface area contributed by atoms with Gasteiger partial charge in [-0.3, -0.25) is 4.68 Å². The number of halogens is 2. The van der Waals surface area contributed by atoms with Crippen LogP contribution in [0.25, 0.3) is 0 Å². The molecule has 0 radical (unpaired) electrons. The Bertz CT molecular complexity index is 583. The van der Waals surface area contributed by atoms with Crippen LogP contribution in [0.1, 0.15) is 30.8 Å². The molecule has 1 aromatic heterocycles. The molecule has 3 nitrogen and oxygen atoms in total. The van der Waals surface area contributed by atoms with Gasteiger partial charge in [0.1, 0.15) is 12.4 Å². The summed E-state index contributed by atoms with van der Waals surface area (Å²) in [7, 11) is 0. The van der Waals surface area contributed by atoms with E-state index in [1.807, 2.05) is 28.9 Å². The number of aromatic nitrogens is 2. The summed E-state index contributed by atoms with van der Waals surface area (Å²) in [4.78, 5) is 0. The molecule has 0 atom stereocenters. The molecule has 5 heteroatoms. The fraction of sp³-hybridized carbons (Fsp3) is 0.400. The molecule has 20 heavy (non-hydrogen) atoms. The summed E-state index contributed by atoms with van der Waals surface area (Å²) in [5, 5.41) is 4.56. The van der Waals surface area contributed by atoms with Gasteiger partial charge in [0.2, 0.25) is 0 Å². The van der Waals surface area contributed by atoms with Crippen LogP contribution < -0.4 is 4.74 Å². The van der Waals surface area contributed by atoms with Crippen molar-refractivity contribution in [3.8, 4) is 5.75 Å². The topological polar surface area (TPSA) is 27.1 Å². The fourth-order valence-corrected chi connectivity index (χ4v) is 2.87. The van der Waals surface area contributed by atoms with E-state index in [0.29, 0.717) is 12.5 Å². The van der Waals surface area contributed by atoms with E-state index in [1.165, 1.54) is 0 Å². The van der Waals surface area contributed by atoms with Crippen molar-refractivity contribution >= 4 is 27.5 Å². The summed E-state index contributed by atoms with van der Waals surface area (Å²) in [5.41, 5.74) is 3.20. The molecule has 0 amide bonds. The Labute approximate surface area is 133 Å². The standard InChI is InChI=1S/C15H18BrClN2O/c1-3-13-15(16)14(19(4-2)18-13)10-20-12-7-5-6-11(8-12)9-17/h5-8H,3-4,9-10H2,1-2H3. The minimum absolute atomic E-state index is 0.493.